The van der Waals surface area contributed by atoms with Crippen LogP contribution in [0.1, 0.15) is 41.0 Å². The number of sulfonamides is 1. The minimum absolute atomic E-state index is 0.00346. The number of nitrogens with zero attached hydrogens (tertiary/aromatic N) is 1. The zero-order valence-corrected chi connectivity index (χ0v) is 16.3. The largest absolute Gasteiger partial charge is 0.351 e. The first-order valence-electron chi connectivity index (χ1n) is 8.44. The Morgan fingerprint density at radius 3 is 1.96 bits per heavy atom. The first-order chi connectivity index (χ1) is 11.1. The van der Waals surface area contributed by atoms with Crippen molar-refractivity contribution in [2.24, 2.45) is 11.8 Å². The summed E-state index contributed by atoms with van der Waals surface area (Å²) >= 11 is 0. The topological polar surface area (TPSA) is 66.5 Å². The van der Waals surface area contributed by atoms with Crippen molar-refractivity contribution >= 4 is 21.6 Å². The Bertz CT molecular complexity index is 619. The van der Waals surface area contributed by atoms with Crippen molar-refractivity contribution in [3.63, 3.8) is 0 Å². The maximum atomic E-state index is 12.8. The lowest BCUT2D eigenvalue weighted by atomic mass is 9.93. The van der Waals surface area contributed by atoms with Crippen LogP contribution >= 0.6 is 0 Å². The molecule has 0 radical (unpaired) electrons. The van der Waals surface area contributed by atoms with E-state index in [1.807, 2.05) is 13.0 Å². The lowest BCUT2D eigenvalue weighted by Gasteiger charge is -2.33. The van der Waals surface area contributed by atoms with Gasteiger partial charge in [0.25, 0.3) is 0 Å². The van der Waals surface area contributed by atoms with Gasteiger partial charge in [0, 0.05) is 6.04 Å². The molecular weight excluding hydrogens is 324 g/mol. The quantitative estimate of drug-likeness (QED) is 0.780. The first-order valence-corrected chi connectivity index (χ1v) is 10.3. The maximum Gasteiger partial charge on any atom is 0.244 e. The molecule has 0 aromatic heterocycles. The van der Waals surface area contributed by atoms with Crippen LogP contribution in [0, 0.1) is 11.8 Å². The Labute approximate surface area is 146 Å². The Balaban J connectivity index is 3.17. The SMILES string of the molecule is CCC(C(=O)NC(C(C)C)C(C)C)N(c1ccccc1)S(C)(=O)=O. The molecule has 0 heterocycles. The third-order valence-corrected chi connectivity index (χ3v) is 5.27. The summed E-state index contributed by atoms with van der Waals surface area (Å²) in [6.07, 6.45) is 1.54. The van der Waals surface area contributed by atoms with Crippen molar-refractivity contribution in [2.45, 2.75) is 53.1 Å². The van der Waals surface area contributed by atoms with Gasteiger partial charge >= 0.3 is 0 Å². The van der Waals surface area contributed by atoms with Crippen LogP contribution in [0.25, 0.3) is 0 Å². The van der Waals surface area contributed by atoms with Crippen molar-refractivity contribution in [3.05, 3.63) is 30.3 Å². The molecule has 1 unspecified atom stereocenters. The summed E-state index contributed by atoms with van der Waals surface area (Å²) in [5.41, 5.74) is 0.507. The molecular formula is C18H30N2O3S. The van der Waals surface area contributed by atoms with Crippen molar-refractivity contribution in [2.75, 3.05) is 10.6 Å². The highest BCUT2D eigenvalue weighted by molar-refractivity contribution is 7.92. The minimum Gasteiger partial charge on any atom is -0.351 e. The Morgan fingerprint density at radius 1 is 1.08 bits per heavy atom. The predicted octanol–water partition coefficient (Wildman–Crippen LogP) is 3.03. The van der Waals surface area contributed by atoms with E-state index in [4.69, 9.17) is 0 Å². The highest BCUT2D eigenvalue weighted by Crippen LogP contribution is 2.22. The van der Waals surface area contributed by atoms with Gasteiger partial charge in [-0.1, -0.05) is 52.8 Å². The van der Waals surface area contributed by atoms with Gasteiger partial charge < -0.3 is 5.32 Å². The molecule has 6 heteroatoms. The zero-order valence-electron chi connectivity index (χ0n) is 15.5. The Kier molecular flexibility index (Phi) is 7.27. The van der Waals surface area contributed by atoms with Crippen LogP contribution in [0.5, 0.6) is 0 Å². The number of carbonyl (C=O) groups excluding carboxylic acids is 1. The second-order valence-corrected chi connectivity index (χ2v) is 8.70. The molecule has 136 valence electrons. The fourth-order valence-corrected chi connectivity index (χ4v) is 4.21. The van der Waals surface area contributed by atoms with E-state index in [0.717, 1.165) is 6.26 Å². The fraction of sp³-hybridized carbons (Fsp3) is 0.611. The van der Waals surface area contributed by atoms with E-state index >= 15 is 0 Å². The van der Waals surface area contributed by atoms with Crippen molar-refractivity contribution in [1.29, 1.82) is 0 Å². The van der Waals surface area contributed by atoms with E-state index in [9.17, 15) is 13.2 Å². The lowest BCUT2D eigenvalue weighted by molar-refractivity contribution is -0.123. The zero-order chi connectivity index (χ0) is 18.5. The second kappa shape index (κ2) is 8.51. The van der Waals surface area contributed by atoms with Crippen LogP contribution in [-0.4, -0.2) is 32.7 Å². The van der Waals surface area contributed by atoms with Gasteiger partial charge in [-0.3, -0.25) is 9.10 Å². The number of amides is 1. The molecule has 24 heavy (non-hydrogen) atoms. The van der Waals surface area contributed by atoms with Gasteiger partial charge in [-0.05, 0) is 30.4 Å². The molecule has 1 aromatic carbocycles. The summed E-state index contributed by atoms with van der Waals surface area (Å²) in [5, 5.41) is 3.04. The molecule has 5 nitrogen and oxygen atoms in total. The third-order valence-electron chi connectivity index (χ3n) is 4.09. The van der Waals surface area contributed by atoms with Crippen LogP contribution in [0.2, 0.25) is 0 Å². The van der Waals surface area contributed by atoms with E-state index < -0.39 is 16.1 Å². The normalized spacial score (nSPS) is 13.4. The Morgan fingerprint density at radius 2 is 1.58 bits per heavy atom. The number of benzene rings is 1. The van der Waals surface area contributed by atoms with Crippen LogP contribution in [-0.2, 0) is 14.8 Å². The molecule has 0 aliphatic carbocycles. The van der Waals surface area contributed by atoms with Gasteiger partial charge in [0.1, 0.15) is 6.04 Å². The molecule has 0 bridgehead atoms. The standard InChI is InChI=1S/C18H30N2O3S/c1-7-16(18(21)19-17(13(2)3)14(4)5)20(24(6,22)23)15-11-9-8-10-12-15/h8-14,16-17H,7H2,1-6H3,(H,19,21). The van der Waals surface area contributed by atoms with Crippen LogP contribution < -0.4 is 9.62 Å². The van der Waals surface area contributed by atoms with Crippen LogP contribution in [0.4, 0.5) is 5.69 Å². The van der Waals surface area contributed by atoms with Crippen molar-refractivity contribution < 1.29 is 13.2 Å². The van der Waals surface area contributed by atoms with E-state index in [2.05, 4.69) is 33.0 Å². The molecule has 0 spiro atoms. The van der Waals surface area contributed by atoms with Crippen LogP contribution in [0.15, 0.2) is 30.3 Å². The number of rotatable bonds is 8. The number of anilines is 1. The summed E-state index contributed by atoms with van der Waals surface area (Å²) in [4.78, 5) is 12.8. The summed E-state index contributed by atoms with van der Waals surface area (Å²) in [6.45, 7) is 10.0. The number of para-hydroxylation sites is 1. The van der Waals surface area contributed by atoms with E-state index in [-0.39, 0.29) is 23.8 Å². The number of carbonyl (C=O) groups is 1. The average Bonchev–Trinajstić information content (AvgIpc) is 2.48. The number of hydrogen-bond acceptors (Lipinski definition) is 3. The second-order valence-electron chi connectivity index (χ2n) is 6.84. The lowest BCUT2D eigenvalue weighted by Crippen LogP contribution is -2.53. The fourth-order valence-electron chi connectivity index (χ4n) is 3.00. The molecule has 0 aliphatic heterocycles. The molecule has 0 fully saturated rings. The minimum atomic E-state index is -3.58. The van der Waals surface area contributed by atoms with Gasteiger partial charge in [0.15, 0.2) is 0 Å². The molecule has 0 saturated carbocycles. The molecule has 0 aliphatic rings. The monoisotopic (exact) mass is 354 g/mol. The van der Waals surface area contributed by atoms with Crippen molar-refractivity contribution in [1.82, 2.24) is 5.32 Å². The molecule has 1 N–H and O–H groups in total. The van der Waals surface area contributed by atoms with Gasteiger partial charge in [0.05, 0.1) is 11.9 Å². The molecule has 1 rings (SSSR count). The predicted molar refractivity (Wildman–Crippen MR) is 99.5 cm³/mol. The summed E-state index contributed by atoms with van der Waals surface area (Å²) in [6, 6.07) is 8.01. The highest BCUT2D eigenvalue weighted by Gasteiger charge is 2.33. The smallest absolute Gasteiger partial charge is 0.244 e. The van der Waals surface area contributed by atoms with Gasteiger partial charge in [-0.25, -0.2) is 8.42 Å². The van der Waals surface area contributed by atoms with Gasteiger partial charge in [-0.15, -0.1) is 0 Å². The van der Waals surface area contributed by atoms with Crippen LogP contribution in [0.3, 0.4) is 0 Å². The van der Waals surface area contributed by atoms with E-state index in [1.54, 1.807) is 24.3 Å². The van der Waals surface area contributed by atoms with Gasteiger partial charge in [-0.2, -0.15) is 0 Å². The van der Waals surface area contributed by atoms with Crippen molar-refractivity contribution in [3.8, 4) is 0 Å². The molecule has 0 saturated heterocycles. The third kappa shape index (κ3) is 5.23. The van der Waals surface area contributed by atoms with E-state index in [1.165, 1.54) is 4.31 Å². The number of nitrogens with one attached hydrogen (secondary N) is 1. The average molecular weight is 355 g/mol. The van der Waals surface area contributed by atoms with Gasteiger partial charge in [0.2, 0.25) is 15.9 Å². The Hall–Kier alpha value is -1.56. The maximum absolute atomic E-state index is 12.8. The summed E-state index contributed by atoms with van der Waals surface area (Å²) < 4.78 is 25.9. The molecule has 1 amide bonds. The first kappa shape index (κ1) is 20.5. The summed E-state index contributed by atoms with van der Waals surface area (Å²) in [5.74, 6) is 0.295. The highest BCUT2D eigenvalue weighted by atomic mass is 32.2. The van der Waals surface area contributed by atoms with E-state index in [0.29, 0.717) is 12.1 Å². The molecule has 1 aromatic rings. The number of hydrogen-bond donors (Lipinski definition) is 1. The summed E-state index contributed by atoms with van der Waals surface area (Å²) in [7, 11) is -3.58. The molecule has 1 atom stereocenters.